The lowest BCUT2D eigenvalue weighted by Crippen LogP contribution is -2.47. The maximum Gasteiger partial charge on any atom is 0.411 e. The second-order valence-electron chi connectivity index (χ2n) is 8.64. The van der Waals surface area contributed by atoms with Crippen molar-refractivity contribution in [3.8, 4) is 0 Å². The van der Waals surface area contributed by atoms with Crippen molar-refractivity contribution in [3.05, 3.63) is 40.7 Å². The van der Waals surface area contributed by atoms with Crippen LogP contribution in [-0.4, -0.2) is 44.6 Å². The molecule has 0 radical (unpaired) electrons. The molecule has 154 valence electrons. The SMILES string of the molecule is Cc1ccc(Br)nc1NC(=O)[C@@H]1C[C@@]2(c3cnco3)CC2N1C(=O)OC(C)(C)C. The Kier molecular flexibility index (Phi) is 4.68. The first-order chi connectivity index (χ1) is 13.6. The molecular weight excluding hydrogens is 440 g/mol. The van der Waals surface area contributed by atoms with E-state index >= 15 is 0 Å². The second-order valence-corrected chi connectivity index (χ2v) is 9.45. The molecule has 1 aliphatic heterocycles. The van der Waals surface area contributed by atoms with E-state index in [2.05, 4.69) is 31.2 Å². The third kappa shape index (κ3) is 3.63. The van der Waals surface area contributed by atoms with Crippen LogP contribution in [0, 0.1) is 6.92 Å². The largest absolute Gasteiger partial charge is 0.448 e. The highest BCUT2D eigenvalue weighted by atomic mass is 79.9. The number of nitrogens with one attached hydrogen (secondary N) is 1. The molecule has 9 heteroatoms. The zero-order valence-electron chi connectivity index (χ0n) is 16.7. The van der Waals surface area contributed by atoms with Crippen molar-refractivity contribution in [1.82, 2.24) is 14.9 Å². The number of rotatable bonds is 3. The Labute approximate surface area is 177 Å². The molecule has 0 bridgehead atoms. The maximum absolute atomic E-state index is 13.2. The quantitative estimate of drug-likeness (QED) is 0.696. The molecule has 3 atom stereocenters. The van der Waals surface area contributed by atoms with Gasteiger partial charge in [0.1, 0.15) is 27.8 Å². The van der Waals surface area contributed by atoms with Crippen LogP contribution in [0.2, 0.25) is 0 Å². The number of halogens is 1. The molecule has 29 heavy (non-hydrogen) atoms. The third-order valence-electron chi connectivity index (χ3n) is 5.40. The molecule has 1 aliphatic carbocycles. The number of nitrogens with zero attached hydrogens (tertiary/aromatic N) is 3. The minimum Gasteiger partial charge on any atom is -0.448 e. The zero-order valence-corrected chi connectivity index (χ0v) is 18.3. The van der Waals surface area contributed by atoms with E-state index in [0.29, 0.717) is 22.6 Å². The van der Waals surface area contributed by atoms with E-state index in [4.69, 9.17) is 9.15 Å². The molecule has 8 nitrogen and oxygen atoms in total. The topological polar surface area (TPSA) is 97.6 Å². The number of piperidine rings is 1. The van der Waals surface area contributed by atoms with Gasteiger partial charge >= 0.3 is 6.09 Å². The molecule has 3 heterocycles. The summed E-state index contributed by atoms with van der Waals surface area (Å²) in [5.41, 5.74) is -0.222. The first-order valence-corrected chi connectivity index (χ1v) is 10.2. The maximum atomic E-state index is 13.2. The minimum atomic E-state index is -0.686. The van der Waals surface area contributed by atoms with Crippen LogP contribution in [-0.2, 0) is 14.9 Å². The smallest absolute Gasteiger partial charge is 0.411 e. The van der Waals surface area contributed by atoms with E-state index in [1.54, 1.807) is 31.9 Å². The lowest BCUT2D eigenvalue weighted by Gasteiger charge is -2.29. The molecule has 2 fully saturated rings. The van der Waals surface area contributed by atoms with Gasteiger partial charge in [0.25, 0.3) is 0 Å². The summed E-state index contributed by atoms with van der Waals surface area (Å²) in [7, 11) is 0. The van der Waals surface area contributed by atoms with Crippen LogP contribution in [0.4, 0.5) is 10.6 Å². The normalized spacial score (nSPS) is 25.5. The third-order valence-corrected chi connectivity index (χ3v) is 5.84. The van der Waals surface area contributed by atoms with Crippen molar-refractivity contribution < 1.29 is 18.7 Å². The highest BCUT2D eigenvalue weighted by Crippen LogP contribution is 2.61. The average molecular weight is 463 g/mol. The van der Waals surface area contributed by atoms with Crippen molar-refractivity contribution >= 4 is 33.7 Å². The van der Waals surface area contributed by atoms with Gasteiger partial charge in [0.2, 0.25) is 5.91 Å². The number of carbonyl (C=O) groups excluding carboxylic acids is 2. The van der Waals surface area contributed by atoms with Crippen LogP contribution in [0.25, 0.3) is 0 Å². The van der Waals surface area contributed by atoms with E-state index in [1.165, 1.54) is 6.39 Å². The number of ether oxygens (including phenoxy) is 1. The minimum absolute atomic E-state index is 0.155. The molecule has 1 N–H and O–H groups in total. The Morgan fingerprint density at radius 2 is 2.10 bits per heavy atom. The lowest BCUT2D eigenvalue weighted by molar-refractivity contribution is -0.121. The molecule has 2 aliphatic rings. The first kappa shape index (κ1) is 19.9. The number of carbonyl (C=O) groups is 2. The number of pyridine rings is 1. The zero-order chi connectivity index (χ0) is 21.0. The second kappa shape index (κ2) is 6.83. The number of aromatic nitrogens is 2. The Morgan fingerprint density at radius 1 is 1.34 bits per heavy atom. The first-order valence-electron chi connectivity index (χ1n) is 9.45. The lowest BCUT2D eigenvalue weighted by atomic mass is 9.97. The van der Waals surface area contributed by atoms with Gasteiger partial charge in [-0.2, -0.15) is 0 Å². The number of oxazole rings is 1. The van der Waals surface area contributed by atoms with Crippen molar-refractivity contribution in [2.24, 2.45) is 0 Å². The fraction of sp³-hybridized carbons (Fsp3) is 0.500. The summed E-state index contributed by atoms with van der Waals surface area (Å²) in [5, 5.41) is 2.87. The van der Waals surface area contributed by atoms with Crippen LogP contribution in [0.3, 0.4) is 0 Å². The predicted molar refractivity (Wildman–Crippen MR) is 108 cm³/mol. The van der Waals surface area contributed by atoms with Gasteiger partial charge in [-0.25, -0.2) is 14.8 Å². The fourth-order valence-electron chi connectivity index (χ4n) is 3.98. The monoisotopic (exact) mass is 462 g/mol. The van der Waals surface area contributed by atoms with Gasteiger partial charge in [-0.15, -0.1) is 0 Å². The van der Waals surface area contributed by atoms with Crippen LogP contribution < -0.4 is 5.32 Å². The Morgan fingerprint density at radius 3 is 2.76 bits per heavy atom. The van der Waals surface area contributed by atoms with E-state index in [9.17, 15) is 9.59 Å². The van der Waals surface area contributed by atoms with Crippen molar-refractivity contribution in [2.45, 2.75) is 63.6 Å². The predicted octanol–water partition coefficient (Wildman–Crippen LogP) is 3.80. The van der Waals surface area contributed by atoms with Crippen molar-refractivity contribution in [3.63, 3.8) is 0 Å². The highest BCUT2D eigenvalue weighted by molar-refractivity contribution is 9.10. The average Bonchev–Trinajstić information content (AvgIpc) is 3.00. The summed E-state index contributed by atoms with van der Waals surface area (Å²) in [5.74, 6) is 0.863. The molecule has 1 unspecified atom stereocenters. The van der Waals surface area contributed by atoms with E-state index in [-0.39, 0.29) is 11.9 Å². The summed E-state index contributed by atoms with van der Waals surface area (Å²) in [6.07, 6.45) is 3.71. The van der Waals surface area contributed by atoms with Gasteiger partial charge in [0, 0.05) is 6.04 Å². The van der Waals surface area contributed by atoms with Crippen LogP contribution >= 0.6 is 15.9 Å². The van der Waals surface area contributed by atoms with Gasteiger partial charge in [-0.3, -0.25) is 9.69 Å². The van der Waals surface area contributed by atoms with Crippen LogP contribution in [0.15, 0.2) is 33.7 Å². The Bertz CT molecular complexity index is 956. The molecule has 2 amide bonds. The number of anilines is 1. The number of aryl methyl sites for hydroxylation is 1. The molecule has 0 spiro atoms. The van der Waals surface area contributed by atoms with Gasteiger partial charge in [0.15, 0.2) is 6.39 Å². The molecule has 1 saturated heterocycles. The number of hydrogen-bond donors (Lipinski definition) is 1. The van der Waals surface area contributed by atoms with E-state index < -0.39 is 23.2 Å². The van der Waals surface area contributed by atoms with Gasteiger partial charge in [-0.05, 0) is 68.1 Å². The standard InChI is InChI=1S/C20H23BrN4O4/c1-11-5-6-15(21)23-16(11)24-17(26)12-7-20(14-9-22-10-28-14)8-13(20)25(12)18(27)29-19(2,3)4/h5-6,9-10,12-13H,7-8H2,1-4H3,(H,23,24,26)/t12-,13?,20+/m0/s1. The van der Waals surface area contributed by atoms with Crippen LogP contribution in [0.1, 0.15) is 44.9 Å². The van der Waals surface area contributed by atoms with Crippen LogP contribution in [0.5, 0.6) is 0 Å². The molecule has 0 aromatic carbocycles. The summed E-state index contributed by atoms with van der Waals surface area (Å²) in [4.78, 5) is 36.0. The van der Waals surface area contributed by atoms with E-state index in [1.807, 2.05) is 19.1 Å². The summed E-state index contributed by atoms with van der Waals surface area (Å²) in [6.45, 7) is 7.28. The fourth-order valence-corrected chi connectivity index (χ4v) is 4.29. The molecule has 2 aromatic rings. The van der Waals surface area contributed by atoms with Crippen molar-refractivity contribution in [2.75, 3.05) is 5.32 Å². The van der Waals surface area contributed by atoms with Gasteiger partial charge in [-0.1, -0.05) is 6.07 Å². The molecular formula is C20H23BrN4O4. The number of fused-ring (bicyclic) bond motifs is 1. The number of hydrogen-bond acceptors (Lipinski definition) is 6. The Balaban J connectivity index is 1.62. The molecule has 2 aromatic heterocycles. The van der Waals surface area contributed by atoms with Gasteiger partial charge in [0.05, 0.1) is 11.6 Å². The summed E-state index contributed by atoms with van der Waals surface area (Å²) >= 11 is 3.32. The molecule has 4 rings (SSSR count). The van der Waals surface area contributed by atoms with Gasteiger partial charge < -0.3 is 14.5 Å². The summed E-state index contributed by atoms with van der Waals surface area (Å²) < 4.78 is 11.7. The van der Waals surface area contributed by atoms with E-state index in [0.717, 1.165) is 12.0 Å². The molecule has 1 saturated carbocycles. The number of amides is 2. The highest BCUT2D eigenvalue weighted by Gasteiger charge is 2.70. The Hall–Kier alpha value is -2.42. The summed E-state index contributed by atoms with van der Waals surface area (Å²) in [6, 6.07) is 2.83. The number of likely N-dealkylation sites (tertiary alicyclic amines) is 1. The van der Waals surface area contributed by atoms with Crippen molar-refractivity contribution in [1.29, 1.82) is 0 Å².